The molecule has 3 aromatic heterocycles. The van der Waals surface area contributed by atoms with Gasteiger partial charge in [-0.1, -0.05) is 29.8 Å². The van der Waals surface area contributed by atoms with Crippen LogP contribution in [0.4, 0.5) is 17.6 Å². The number of hydrogen-bond acceptors (Lipinski definition) is 8. The number of nitrogens with zero attached hydrogens (tertiary/aromatic N) is 5. The molecule has 0 radical (unpaired) electrons. The molecular weight excluding hydrogens is 432 g/mol. The van der Waals surface area contributed by atoms with Crippen LogP contribution < -0.4 is 22.1 Å². The van der Waals surface area contributed by atoms with E-state index in [1.54, 1.807) is 10.6 Å². The number of nitrogens with one attached hydrogen (secondary N) is 2. The van der Waals surface area contributed by atoms with E-state index < -0.39 is 6.04 Å². The molecule has 4 aromatic rings. The van der Waals surface area contributed by atoms with Crippen LogP contribution in [0, 0.1) is 0 Å². The van der Waals surface area contributed by atoms with Gasteiger partial charge in [-0.3, -0.25) is 9.36 Å². The van der Waals surface area contributed by atoms with Crippen LogP contribution in [0.2, 0.25) is 5.15 Å². The molecule has 0 bridgehead atoms. The molecule has 0 saturated carbocycles. The van der Waals surface area contributed by atoms with Gasteiger partial charge in [0.05, 0.1) is 23.6 Å². The highest BCUT2D eigenvalue weighted by Gasteiger charge is 2.26. The number of aromatic nitrogens is 5. The molecule has 10 nitrogen and oxygen atoms in total. The number of nitrogen functional groups attached to an aromatic ring is 1. The summed E-state index contributed by atoms with van der Waals surface area (Å²) in [5.74, 6) is 0.672. The van der Waals surface area contributed by atoms with Crippen LogP contribution in [0.1, 0.15) is 35.4 Å². The van der Waals surface area contributed by atoms with Gasteiger partial charge in [-0.15, -0.1) is 0 Å². The Morgan fingerprint density at radius 1 is 1.22 bits per heavy atom. The minimum Gasteiger partial charge on any atom is -0.369 e. The molecule has 1 aromatic carbocycles. The van der Waals surface area contributed by atoms with E-state index in [1.165, 1.54) is 10.6 Å². The van der Waals surface area contributed by atoms with Gasteiger partial charge < -0.3 is 16.4 Å². The predicted octanol–water partition coefficient (Wildman–Crippen LogP) is 2.68. The van der Waals surface area contributed by atoms with Crippen LogP contribution in [-0.4, -0.2) is 36.2 Å². The van der Waals surface area contributed by atoms with Crippen molar-refractivity contribution in [3.63, 3.8) is 0 Å². The van der Waals surface area contributed by atoms with Crippen LogP contribution in [0.3, 0.4) is 0 Å². The number of Topliss-reactive ketones (excluding diaryl/α,β-unsaturated/α-hetero) is 1. The third-order valence-electron chi connectivity index (χ3n) is 5.32. The lowest BCUT2D eigenvalue weighted by Crippen LogP contribution is -2.31. The Kier molecular flexibility index (Phi) is 4.78. The summed E-state index contributed by atoms with van der Waals surface area (Å²) in [6.07, 6.45) is 1.76. The summed E-state index contributed by atoms with van der Waals surface area (Å²) in [7, 11) is 0. The highest BCUT2D eigenvalue weighted by Crippen LogP contribution is 2.30. The Morgan fingerprint density at radius 2 is 2.00 bits per heavy atom. The van der Waals surface area contributed by atoms with E-state index >= 15 is 0 Å². The second kappa shape index (κ2) is 7.65. The van der Waals surface area contributed by atoms with Crippen molar-refractivity contribution in [2.45, 2.75) is 19.4 Å². The number of rotatable bonds is 4. The molecule has 1 unspecified atom stereocenters. The Balaban J connectivity index is 1.67. The van der Waals surface area contributed by atoms with E-state index in [4.69, 9.17) is 17.3 Å². The summed E-state index contributed by atoms with van der Waals surface area (Å²) in [5, 5.41) is 6.55. The monoisotopic (exact) mass is 450 g/mol. The summed E-state index contributed by atoms with van der Waals surface area (Å²) in [4.78, 5) is 38.6. The van der Waals surface area contributed by atoms with Crippen molar-refractivity contribution in [2.75, 3.05) is 22.9 Å². The standard InChI is InChI=1S/C21H19ClN8O2/c1-11(26-19-17-14(31)7-8-24-18(17)27-20(23)28-19)13-9-16-25-10-15(22)30(16)21(32)29(13)12-5-3-2-4-6-12/h2-6,9-11H,7-8H2,1H3,(H4,23,24,26,27,28). The molecule has 0 saturated heterocycles. The summed E-state index contributed by atoms with van der Waals surface area (Å²) in [6.45, 7) is 2.35. The number of halogens is 1. The molecule has 0 spiro atoms. The van der Waals surface area contributed by atoms with Gasteiger partial charge in [0.2, 0.25) is 5.95 Å². The number of carbonyl (C=O) groups excluding carboxylic acids is 1. The van der Waals surface area contributed by atoms with Gasteiger partial charge in [0.25, 0.3) is 0 Å². The molecule has 32 heavy (non-hydrogen) atoms. The maximum Gasteiger partial charge on any atom is 0.339 e. The zero-order chi connectivity index (χ0) is 22.4. The third-order valence-corrected chi connectivity index (χ3v) is 5.59. The molecule has 1 aliphatic heterocycles. The van der Waals surface area contributed by atoms with Crippen LogP contribution in [0.25, 0.3) is 11.3 Å². The molecule has 162 valence electrons. The maximum absolute atomic E-state index is 13.4. The fourth-order valence-corrected chi connectivity index (χ4v) is 4.08. The van der Waals surface area contributed by atoms with Gasteiger partial charge in [-0.05, 0) is 19.1 Å². The number of fused-ring (bicyclic) bond motifs is 2. The van der Waals surface area contributed by atoms with Crippen molar-refractivity contribution < 1.29 is 4.79 Å². The van der Waals surface area contributed by atoms with E-state index in [9.17, 15) is 9.59 Å². The van der Waals surface area contributed by atoms with E-state index in [0.29, 0.717) is 47.2 Å². The first-order valence-corrected chi connectivity index (χ1v) is 10.4. The Labute approximate surface area is 187 Å². The highest BCUT2D eigenvalue weighted by atomic mass is 35.5. The average molecular weight is 451 g/mol. The average Bonchev–Trinajstić information content (AvgIpc) is 3.15. The second-order valence-electron chi connectivity index (χ2n) is 7.42. The van der Waals surface area contributed by atoms with Gasteiger partial charge in [-0.2, -0.15) is 9.97 Å². The van der Waals surface area contributed by atoms with Gasteiger partial charge in [-0.25, -0.2) is 14.2 Å². The van der Waals surface area contributed by atoms with Crippen LogP contribution in [0.5, 0.6) is 0 Å². The van der Waals surface area contributed by atoms with E-state index in [2.05, 4.69) is 25.6 Å². The van der Waals surface area contributed by atoms with Crippen molar-refractivity contribution >= 4 is 40.6 Å². The lowest BCUT2D eigenvalue weighted by Gasteiger charge is -2.24. The number of anilines is 3. The molecule has 1 atom stereocenters. The van der Waals surface area contributed by atoms with Gasteiger partial charge in [0.1, 0.15) is 28.0 Å². The topological polar surface area (TPSA) is 132 Å². The van der Waals surface area contributed by atoms with E-state index in [0.717, 1.165) is 0 Å². The summed E-state index contributed by atoms with van der Waals surface area (Å²) >= 11 is 6.21. The molecule has 1 aliphatic rings. The van der Waals surface area contributed by atoms with Crippen molar-refractivity contribution in [3.8, 4) is 5.69 Å². The zero-order valence-electron chi connectivity index (χ0n) is 17.0. The van der Waals surface area contributed by atoms with Crippen LogP contribution in [-0.2, 0) is 0 Å². The minimum atomic E-state index is -0.448. The van der Waals surface area contributed by atoms with Crippen LogP contribution in [0.15, 0.2) is 47.4 Å². The quantitative estimate of drug-likeness (QED) is 0.432. The SMILES string of the molecule is CC(Nc1nc(N)nc2c1C(=O)CCN2)c1cc2ncc(Cl)n2c(=O)n1-c1ccccc1. The highest BCUT2D eigenvalue weighted by molar-refractivity contribution is 6.29. The second-order valence-corrected chi connectivity index (χ2v) is 7.80. The molecule has 5 rings (SSSR count). The molecule has 0 fully saturated rings. The smallest absolute Gasteiger partial charge is 0.339 e. The van der Waals surface area contributed by atoms with Crippen molar-refractivity contribution in [1.82, 2.24) is 23.9 Å². The zero-order valence-corrected chi connectivity index (χ0v) is 17.8. The van der Waals surface area contributed by atoms with Gasteiger partial charge in [0, 0.05) is 19.0 Å². The van der Waals surface area contributed by atoms with Crippen molar-refractivity contribution in [3.05, 3.63) is 69.5 Å². The molecule has 4 heterocycles. The van der Waals surface area contributed by atoms with Crippen molar-refractivity contribution in [2.24, 2.45) is 0 Å². The Morgan fingerprint density at radius 3 is 2.78 bits per heavy atom. The first-order valence-electron chi connectivity index (χ1n) is 9.99. The number of benzene rings is 1. The summed E-state index contributed by atoms with van der Waals surface area (Å²) < 4.78 is 2.89. The Hall–Kier alpha value is -3.92. The number of nitrogens with two attached hydrogens (primary N) is 1. The number of carbonyl (C=O) groups is 1. The molecular formula is C21H19ClN8O2. The van der Waals surface area contributed by atoms with Gasteiger partial charge in [0.15, 0.2) is 5.78 Å². The fourth-order valence-electron chi connectivity index (χ4n) is 3.87. The number of para-hydroxylation sites is 1. The minimum absolute atomic E-state index is 0.0385. The lowest BCUT2D eigenvalue weighted by molar-refractivity contribution is 0.0984. The number of ketones is 1. The third kappa shape index (κ3) is 3.25. The van der Waals surface area contributed by atoms with E-state index in [1.807, 2.05) is 37.3 Å². The maximum atomic E-state index is 13.4. The molecule has 0 aliphatic carbocycles. The number of imidazole rings is 1. The first kappa shape index (κ1) is 20.0. The molecule has 11 heteroatoms. The Bertz CT molecular complexity index is 1410. The normalized spacial score (nSPS) is 14.1. The predicted molar refractivity (Wildman–Crippen MR) is 122 cm³/mol. The fraction of sp³-hybridized carbons (Fsp3) is 0.190. The van der Waals surface area contributed by atoms with Crippen molar-refractivity contribution in [1.29, 1.82) is 0 Å². The summed E-state index contributed by atoms with van der Waals surface area (Å²) in [5.41, 5.74) is 7.55. The first-order chi connectivity index (χ1) is 15.4. The van der Waals surface area contributed by atoms with E-state index in [-0.39, 0.29) is 22.6 Å². The number of hydrogen-bond donors (Lipinski definition) is 3. The largest absolute Gasteiger partial charge is 0.369 e. The molecule has 0 amide bonds. The lowest BCUT2D eigenvalue weighted by atomic mass is 10.1. The molecule has 4 N–H and O–H groups in total. The van der Waals surface area contributed by atoms with Gasteiger partial charge >= 0.3 is 5.69 Å². The summed E-state index contributed by atoms with van der Waals surface area (Å²) in [6, 6.07) is 10.5. The van der Waals surface area contributed by atoms with Crippen LogP contribution >= 0.6 is 11.6 Å².